The number of rotatable bonds is 4. The van der Waals surface area contributed by atoms with Crippen molar-refractivity contribution in [3.8, 4) is 11.5 Å². The zero-order chi connectivity index (χ0) is 21.8. The summed E-state index contributed by atoms with van der Waals surface area (Å²) in [5.74, 6) is 2.59. The van der Waals surface area contributed by atoms with Crippen LogP contribution in [-0.4, -0.2) is 48.8 Å². The van der Waals surface area contributed by atoms with Gasteiger partial charge in [0.05, 0.1) is 5.92 Å². The third-order valence-electron chi connectivity index (χ3n) is 4.74. The molecule has 0 spiro atoms. The van der Waals surface area contributed by atoms with Crippen molar-refractivity contribution in [2.75, 3.05) is 13.1 Å². The van der Waals surface area contributed by atoms with E-state index in [-0.39, 0.29) is 17.8 Å². The Morgan fingerprint density at radius 2 is 2.00 bits per heavy atom. The Balaban J connectivity index is 2.24. The number of likely N-dealkylation sites (tertiary alicyclic amines) is 1. The van der Waals surface area contributed by atoms with Gasteiger partial charge in [0, 0.05) is 18.7 Å². The predicted molar refractivity (Wildman–Crippen MR) is 117 cm³/mol. The first-order chi connectivity index (χ1) is 13.3. The molecule has 1 saturated heterocycles. The van der Waals surface area contributed by atoms with Gasteiger partial charge in [-0.05, 0) is 57.2 Å². The van der Waals surface area contributed by atoms with Crippen molar-refractivity contribution in [2.24, 2.45) is 11.8 Å². The average molecular weight is 416 g/mol. The molecule has 0 radical (unpaired) electrons. The van der Waals surface area contributed by atoms with Gasteiger partial charge in [0.25, 0.3) is 0 Å². The van der Waals surface area contributed by atoms with E-state index in [1.165, 1.54) is 4.90 Å². The molecule has 6 heteroatoms. The van der Waals surface area contributed by atoms with Gasteiger partial charge >= 0.3 is 12.1 Å². The topological polar surface area (TPSA) is 66.8 Å². The van der Waals surface area contributed by atoms with Gasteiger partial charge in [-0.3, -0.25) is 4.79 Å². The minimum absolute atomic E-state index is 0.0438. The largest absolute Gasteiger partial charge is 0.465 e. The second kappa shape index (κ2) is 9.04. The average Bonchev–Trinajstić information content (AvgIpc) is 3.06. The van der Waals surface area contributed by atoms with E-state index in [4.69, 9.17) is 4.74 Å². The molecule has 1 amide bonds. The molecule has 0 aliphatic carbocycles. The number of esters is 1. The molecule has 2 atom stereocenters. The highest BCUT2D eigenvalue weighted by atomic mass is 28.3. The van der Waals surface area contributed by atoms with Gasteiger partial charge in [0.15, 0.2) is 0 Å². The lowest BCUT2D eigenvalue weighted by atomic mass is 9.85. The Hall–Kier alpha value is -2.26. The summed E-state index contributed by atoms with van der Waals surface area (Å²) >= 11 is 0. The summed E-state index contributed by atoms with van der Waals surface area (Å²) in [6.45, 7) is 13.0. The summed E-state index contributed by atoms with van der Waals surface area (Å²) in [5, 5.41) is 9.29. The first-order valence-electron chi connectivity index (χ1n) is 10.2. The van der Waals surface area contributed by atoms with Crippen molar-refractivity contribution in [1.82, 2.24) is 4.90 Å². The van der Waals surface area contributed by atoms with E-state index in [0.29, 0.717) is 25.9 Å². The Morgan fingerprint density at radius 3 is 2.55 bits per heavy atom. The molecule has 1 aromatic rings. The van der Waals surface area contributed by atoms with Gasteiger partial charge in [-0.1, -0.05) is 37.7 Å². The maximum absolute atomic E-state index is 13.0. The lowest BCUT2D eigenvalue weighted by Gasteiger charge is -2.27. The van der Waals surface area contributed by atoms with Gasteiger partial charge in [0.1, 0.15) is 13.7 Å². The van der Waals surface area contributed by atoms with Gasteiger partial charge in [-0.2, -0.15) is 0 Å². The van der Waals surface area contributed by atoms with Crippen LogP contribution in [0.15, 0.2) is 24.3 Å². The first kappa shape index (κ1) is 23.0. The van der Waals surface area contributed by atoms with Crippen molar-refractivity contribution in [2.45, 2.75) is 58.9 Å². The molecule has 1 fully saturated rings. The number of hydrogen-bond acceptors (Lipinski definition) is 3. The molecule has 1 aliphatic rings. The fourth-order valence-electron chi connectivity index (χ4n) is 3.40. The Morgan fingerprint density at radius 1 is 1.31 bits per heavy atom. The van der Waals surface area contributed by atoms with E-state index in [9.17, 15) is 14.7 Å². The van der Waals surface area contributed by atoms with Crippen LogP contribution in [0.4, 0.5) is 4.79 Å². The summed E-state index contributed by atoms with van der Waals surface area (Å²) in [5.41, 5.74) is 4.77. The smallest absolute Gasteiger partial charge is 0.407 e. The van der Waals surface area contributed by atoms with Crippen molar-refractivity contribution >= 4 is 20.1 Å². The quantitative estimate of drug-likeness (QED) is 0.449. The van der Waals surface area contributed by atoms with Crippen molar-refractivity contribution in [3.63, 3.8) is 0 Å². The maximum atomic E-state index is 13.0. The summed E-state index contributed by atoms with van der Waals surface area (Å²) in [6, 6.07) is 7.99. The molecule has 0 bridgehead atoms. The zero-order valence-electron chi connectivity index (χ0n) is 18.4. The number of amides is 1. The molecule has 1 aliphatic heterocycles. The minimum atomic E-state index is -1.47. The van der Waals surface area contributed by atoms with E-state index in [0.717, 1.165) is 11.1 Å². The van der Waals surface area contributed by atoms with Gasteiger partial charge < -0.3 is 14.7 Å². The van der Waals surface area contributed by atoms with Gasteiger partial charge in [-0.15, -0.1) is 5.54 Å². The fraction of sp³-hybridized carbons (Fsp3) is 0.565. The molecule has 1 heterocycles. The van der Waals surface area contributed by atoms with E-state index < -0.39 is 19.8 Å². The Bertz CT molecular complexity index is 811. The third kappa shape index (κ3) is 7.58. The number of benzene rings is 1. The molecule has 29 heavy (non-hydrogen) atoms. The molecule has 0 saturated carbocycles. The fourth-order valence-corrected chi connectivity index (χ4v) is 3.92. The highest BCUT2D eigenvalue weighted by Crippen LogP contribution is 2.30. The molecule has 2 rings (SSSR count). The Labute approximate surface area is 175 Å². The van der Waals surface area contributed by atoms with Crippen LogP contribution in [-0.2, 0) is 16.0 Å². The molecule has 1 N–H and O–H groups in total. The summed E-state index contributed by atoms with van der Waals surface area (Å²) in [4.78, 5) is 25.7. The third-order valence-corrected chi connectivity index (χ3v) is 5.61. The molecule has 5 nitrogen and oxygen atoms in total. The normalized spacial score (nSPS) is 18.0. The molecule has 1 aromatic carbocycles. The molecule has 0 aromatic heterocycles. The Kier molecular flexibility index (Phi) is 7.18. The van der Waals surface area contributed by atoms with Crippen LogP contribution in [0.2, 0.25) is 19.6 Å². The second-order valence-electron chi connectivity index (χ2n) is 9.82. The van der Waals surface area contributed by atoms with Crippen LogP contribution < -0.4 is 0 Å². The standard InChI is InChI=1S/C23H33NO4Si/c1-23(2,3)28-21(25)20(19-10-12-24(16-19)22(26)27)15-18-9-7-8-17(14-18)11-13-29(4,5)6/h7-9,14,19-20H,10,12,15-16H2,1-6H3,(H,26,27)/t19-,20-/m0/s1. The van der Waals surface area contributed by atoms with Crippen LogP contribution in [0.25, 0.3) is 0 Å². The summed E-state index contributed by atoms with van der Waals surface area (Å²) < 4.78 is 5.68. The first-order valence-corrected chi connectivity index (χ1v) is 13.7. The number of hydrogen-bond donors (Lipinski definition) is 1. The van der Waals surface area contributed by atoms with Gasteiger partial charge in [0.2, 0.25) is 0 Å². The van der Waals surface area contributed by atoms with Crippen LogP contribution in [0.5, 0.6) is 0 Å². The van der Waals surface area contributed by atoms with E-state index in [2.05, 4.69) is 31.1 Å². The van der Waals surface area contributed by atoms with Crippen molar-refractivity contribution in [3.05, 3.63) is 35.4 Å². The minimum Gasteiger partial charge on any atom is -0.465 e. The second-order valence-corrected chi connectivity index (χ2v) is 14.6. The molecular formula is C23H33NO4Si. The maximum Gasteiger partial charge on any atom is 0.407 e. The van der Waals surface area contributed by atoms with Crippen molar-refractivity contribution in [1.29, 1.82) is 0 Å². The van der Waals surface area contributed by atoms with E-state index >= 15 is 0 Å². The van der Waals surface area contributed by atoms with Crippen LogP contribution >= 0.6 is 0 Å². The lowest BCUT2D eigenvalue weighted by Crippen LogP contribution is -2.35. The van der Waals surface area contributed by atoms with E-state index in [1.807, 2.05) is 45.0 Å². The molecule has 0 unspecified atom stereocenters. The molecule has 158 valence electrons. The number of carbonyl (C=O) groups excluding carboxylic acids is 1. The monoisotopic (exact) mass is 415 g/mol. The van der Waals surface area contributed by atoms with E-state index in [1.54, 1.807) is 0 Å². The number of carboxylic acid groups (broad SMARTS) is 1. The van der Waals surface area contributed by atoms with Gasteiger partial charge in [-0.25, -0.2) is 4.79 Å². The lowest BCUT2D eigenvalue weighted by molar-refractivity contribution is -0.161. The van der Waals surface area contributed by atoms with Crippen molar-refractivity contribution < 1.29 is 19.4 Å². The summed E-state index contributed by atoms with van der Waals surface area (Å²) in [7, 11) is -1.47. The van der Waals surface area contributed by atoms with Crippen LogP contribution in [0.1, 0.15) is 38.3 Å². The van der Waals surface area contributed by atoms with Crippen LogP contribution in [0.3, 0.4) is 0 Å². The highest BCUT2D eigenvalue weighted by Gasteiger charge is 2.37. The summed E-state index contributed by atoms with van der Waals surface area (Å²) in [6.07, 6.45) is 0.264. The number of nitrogens with zero attached hydrogens (tertiary/aromatic N) is 1. The highest BCUT2D eigenvalue weighted by molar-refractivity contribution is 6.83. The predicted octanol–water partition coefficient (Wildman–Crippen LogP) is 4.42. The number of ether oxygens (including phenoxy) is 1. The zero-order valence-corrected chi connectivity index (χ0v) is 19.4. The SMILES string of the molecule is CC(C)(C)OC(=O)[C@@H](Cc1cccc(C#C[Si](C)(C)C)c1)[C@H]1CCN(C(=O)O)C1. The molecular weight excluding hydrogens is 382 g/mol. The number of carbonyl (C=O) groups is 2. The van der Waals surface area contributed by atoms with Crippen LogP contribution in [0, 0.1) is 23.3 Å².